The van der Waals surface area contributed by atoms with Crippen molar-refractivity contribution in [1.29, 1.82) is 0 Å². The van der Waals surface area contributed by atoms with E-state index in [1.807, 2.05) is 0 Å². The maximum absolute atomic E-state index is 10.3. The van der Waals surface area contributed by atoms with E-state index in [0.29, 0.717) is 5.92 Å². The zero-order valence-corrected chi connectivity index (χ0v) is 12.7. The van der Waals surface area contributed by atoms with Gasteiger partial charge in [-0.3, -0.25) is 10.00 Å². The molecule has 2 heterocycles. The molecule has 0 aromatic carbocycles. The van der Waals surface area contributed by atoms with Gasteiger partial charge >= 0.3 is 0 Å². The first-order valence-electron chi connectivity index (χ1n) is 7.79. The molecular weight excluding hydrogens is 252 g/mol. The van der Waals surface area contributed by atoms with Crippen molar-refractivity contribution in [3.63, 3.8) is 0 Å². The molecule has 0 spiro atoms. The first kappa shape index (κ1) is 15.5. The van der Waals surface area contributed by atoms with Gasteiger partial charge < -0.3 is 10.4 Å². The summed E-state index contributed by atoms with van der Waals surface area (Å²) in [5.41, 5.74) is 2.27. The van der Waals surface area contributed by atoms with E-state index in [9.17, 15) is 5.11 Å². The van der Waals surface area contributed by atoms with Crippen molar-refractivity contribution >= 4 is 0 Å². The number of hydrogen-bond donors (Lipinski definition) is 3. The van der Waals surface area contributed by atoms with Gasteiger partial charge in [0.25, 0.3) is 0 Å². The highest BCUT2D eigenvalue weighted by Crippen LogP contribution is 2.17. The van der Waals surface area contributed by atoms with Gasteiger partial charge in [-0.25, -0.2) is 0 Å². The van der Waals surface area contributed by atoms with Gasteiger partial charge in [-0.1, -0.05) is 13.3 Å². The third-order valence-electron chi connectivity index (χ3n) is 4.06. The van der Waals surface area contributed by atoms with Crippen LogP contribution in [-0.2, 0) is 13.0 Å². The summed E-state index contributed by atoms with van der Waals surface area (Å²) in [6.45, 7) is 5.78. The first-order chi connectivity index (χ1) is 9.69. The van der Waals surface area contributed by atoms with Gasteiger partial charge in [0.05, 0.1) is 11.8 Å². The lowest BCUT2D eigenvalue weighted by atomic mass is 9.92. The Morgan fingerprint density at radius 2 is 2.20 bits per heavy atom. The molecule has 0 radical (unpaired) electrons. The fourth-order valence-electron chi connectivity index (χ4n) is 2.93. The highest BCUT2D eigenvalue weighted by atomic mass is 16.3. The summed E-state index contributed by atoms with van der Waals surface area (Å²) in [7, 11) is 2.06. The first-order valence-corrected chi connectivity index (χ1v) is 7.79. The van der Waals surface area contributed by atoms with Gasteiger partial charge in [0, 0.05) is 18.8 Å². The van der Waals surface area contributed by atoms with Crippen LogP contribution in [0.5, 0.6) is 0 Å². The van der Waals surface area contributed by atoms with Crippen LogP contribution in [0, 0.1) is 5.92 Å². The Morgan fingerprint density at radius 3 is 2.90 bits per heavy atom. The molecule has 1 aromatic heterocycles. The molecule has 5 heteroatoms. The number of aryl methyl sites for hydroxylation is 1. The number of H-pyrrole nitrogens is 1. The summed E-state index contributed by atoms with van der Waals surface area (Å²) in [4.78, 5) is 2.18. The van der Waals surface area contributed by atoms with Gasteiger partial charge in [0.2, 0.25) is 0 Å². The van der Waals surface area contributed by atoms with E-state index in [1.54, 1.807) is 0 Å². The Kier molecular flexibility index (Phi) is 6.01. The molecule has 1 aromatic rings. The Morgan fingerprint density at radius 1 is 1.45 bits per heavy atom. The monoisotopic (exact) mass is 280 g/mol. The summed E-state index contributed by atoms with van der Waals surface area (Å²) in [5.74, 6) is 0.441. The summed E-state index contributed by atoms with van der Waals surface area (Å²) in [6.07, 6.45) is 4.09. The molecule has 1 aliphatic heterocycles. The van der Waals surface area contributed by atoms with Crippen molar-refractivity contribution in [2.75, 3.05) is 26.7 Å². The van der Waals surface area contributed by atoms with Gasteiger partial charge in [-0.2, -0.15) is 5.10 Å². The molecule has 5 nitrogen and oxygen atoms in total. The molecule has 2 rings (SSSR count). The fourth-order valence-corrected chi connectivity index (χ4v) is 2.93. The maximum atomic E-state index is 10.3. The van der Waals surface area contributed by atoms with Gasteiger partial charge in [0.1, 0.15) is 0 Å². The summed E-state index contributed by atoms with van der Waals surface area (Å²) in [5, 5.41) is 21.1. The topological polar surface area (TPSA) is 64.2 Å². The molecule has 114 valence electrons. The number of nitrogens with zero attached hydrogens (tertiary/aromatic N) is 2. The number of piperidine rings is 1. The van der Waals surface area contributed by atoms with Crippen molar-refractivity contribution in [3.8, 4) is 0 Å². The van der Waals surface area contributed by atoms with Crippen molar-refractivity contribution in [3.05, 3.63) is 17.5 Å². The standard InChI is InChI=1S/C15H28N4O/c1-3-4-13-9-14(18-17-13)10-19(2)11-15(20)12-5-7-16-8-6-12/h9,12,15-16,20H,3-8,10-11H2,1-2H3,(H,17,18). The second-order valence-corrected chi connectivity index (χ2v) is 5.99. The molecule has 1 saturated heterocycles. The van der Waals surface area contributed by atoms with E-state index < -0.39 is 0 Å². The van der Waals surface area contributed by atoms with Crippen LogP contribution in [0.1, 0.15) is 37.6 Å². The predicted molar refractivity (Wildman–Crippen MR) is 80.5 cm³/mol. The molecule has 0 bridgehead atoms. The normalized spacial score (nSPS) is 18.6. The Hall–Kier alpha value is -0.910. The molecule has 0 aliphatic carbocycles. The minimum Gasteiger partial charge on any atom is -0.392 e. The minimum atomic E-state index is -0.222. The lowest BCUT2D eigenvalue weighted by Crippen LogP contribution is -2.39. The molecule has 1 fully saturated rings. The largest absolute Gasteiger partial charge is 0.392 e. The van der Waals surface area contributed by atoms with E-state index in [2.05, 4.69) is 40.5 Å². The molecule has 1 aliphatic rings. The Balaban J connectivity index is 1.77. The van der Waals surface area contributed by atoms with Crippen LogP contribution < -0.4 is 5.32 Å². The Bertz CT molecular complexity index is 387. The number of hydrogen-bond acceptors (Lipinski definition) is 4. The van der Waals surface area contributed by atoms with Crippen LogP contribution in [0.3, 0.4) is 0 Å². The zero-order valence-electron chi connectivity index (χ0n) is 12.7. The molecule has 1 atom stereocenters. The second kappa shape index (κ2) is 7.76. The number of rotatable bonds is 7. The van der Waals surface area contributed by atoms with Crippen molar-refractivity contribution < 1.29 is 5.11 Å². The molecule has 0 amide bonds. The van der Waals surface area contributed by atoms with Crippen LogP contribution in [0.4, 0.5) is 0 Å². The van der Waals surface area contributed by atoms with Gasteiger partial charge in [-0.05, 0) is 51.4 Å². The summed E-state index contributed by atoms with van der Waals surface area (Å²) >= 11 is 0. The van der Waals surface area contributed by atoms with Crippen LogP contribution in [0.15, 0.2) is 6.07 Å². The van der Waals surface area contributed by atoms with Crippen LogP contribution in [0.25, 0.3) is 0 Å². The average Bonchev–Trinajstić information content (AvgIpc) is 2.87. The summed E-state index contributed by atoms with van der Waals surface area (Å²) < 4.78 is 0. The van der Waals surface area contributed by atoms with E-state index in [-0.39, 0.29) is 6.10 Å². The fraction of sp³-hybridized carbons (Fsp3) is 0.800. The maximum Gasteiger partial charge on any atom is 0.0696 e. The molecule has 3 N–H and O–H groups in total. The average molecular weight is 280 g/mol. The molecule has 1 unspecified atom stereocenters. The third-order valence-corrected chi connectivity index (χ3v) is 4.06. The second-order valence-electron chi connectivity index (χ2n) is 5.99. The quantitative estimate of drug-likeness (QED) is 0.701. The number of likely N-dealkylation sites (N-methyl/N-ethyl adjacent to an activating group) is 1. The zero-order chi connectivity index (χ0) is 14.4. The minimum absolute atomic E-state index is 0.222. The van der Waals surface area contributed by atoms with Gasteiger partial charge in [0.15, 0.2) is 0 Å². The van der Waals surface area contributed by atoms with E-state index in [0.717, 1.165) is 63.3 Å². The van der Waals surface area contributed by atoms with Crippen LogP contribution in [0.2, 0.25) is 0 Å². The third kappa shape index (κ3) is 4.58. The number of aliphatic hydroxyl groups is 1. The number of nitrogens with one attached hydrogen (secondary N) is 2. The Labute approximate surface area is 121 Å². The lowest BCUT2D eigenvalue weighted by Gasteiger charge is -2.29. The highest BCUT2D eigenvalue weighted by Gasteiger charge is 2.22. The van der Waals surface area contributed by atoms with Crippen molar-refractivity contribution in [2.45, 2.75) is 45.3 Å². The lowest BCUT2D eigenvalue weighted by molar-refractivity contribution is 0.0559. The van der Waals surface area contributed by atoms with Crippen LogP contribution in [-0.4, -0.2) is 53.0 Å². The number of aliphatic hydroxyl groups excluding tert-OH is 1. The van der Waals surface area contributed by atoms with Crippen LogP contribution >= 0.6 is 0 Å². The number of aromatic nitrogens is 2. The smallest absolute Gasteiger partial charge is 0.0696 e. The molecule has 20 heavy (non-hydrogen) atoms. The van der Waals surface area contributed by atoms with Gasteiger partial charge in [-0.15, -0.1) is 0 Å². The predicted octanol–water partition coefficient (Wildman–Crippen LogP) is 1.15. The van der Waals surface area contributed by atoms with E-state index in [4.69, 9.17) is 0 Å². The van der Waals surface area contributed by atoms with Crippen molar-refractivity contribution in [2.24, 2.45) is 5.92 Å². The molecular formula is C15H28N4O. The SMILES string of the molecule is CCCc1cc(CN(C)CC(O)C2CCNCC2)[nH]n1. The highest BCUT2D eigenvalue weighted by molar-refractivity contribution is 5.08. The van der Waals surface area contributed by atoms with E-state index in [1.165, 1.54) is 0 Å². The summed E-state index contributed by atoms with van der Waals surface area (Å²) in [6, 6.07) is 2.14. The van der Waals surface area contributed by atoms with E-state index >= 15 is 0 Å². The van der Waals surface area contributed by atoms with Crippen molar-refractivity contribution in [1.82, 2.24) is 20.4 Å². The molecule has 0 saturated carbocycles. The number of aromatic amines is 1.